The zero-order chi connectivity index (χ0) is 22.4. The van der Waals surface area contributed by atoms with Gasteiger partial charge in [-0.15, -0.1) is 0 Å². The molecule has 0 spiro atoms. The van der Waals surface area contributed by atoms with Gasteiger partial charge in [0.15, 0.2) is 0 Å². The van der Waals surface area contributed by atoms with Crippen LogP contribution in [0.15, 0.2) is 0 Å². The summed E-state index contributed by atoms with van der Waals surface area (Å²) in [6, 6.07) is 0. The van der Waals surface area contributed by atoms with Gasteiger partial charge in [0.2, 0.25) is 0 Å². The third kappa shape index (κ3) is 2.11. The van der Waals surface area contributed by atoms with Gasteiger partial charge in [0.05, 0.1) is 0 Å². The summed E-state index contributed by atoms with van der Waals surface area (Å²) in [6.45, 7) is 24.7. The van der Waals surface area contributed by atoms with Crippen molar-refractivity contribution in [3.8, 4) is 0 Å². The molecule has 31 heavy (non-hydrogen) atoms. The van der Waals surface area contributed by atoms with Gasteiger partial charge in [0.25, 0.3) is 0 Å². The third-order valence-corrected chi connectivity index (χ3v) is 22.6. The summed E-state index contributed by atoms with van der Waals surface area (Å²) in [6.07, 6.45) is 14.4. The van der Waals surface area contributed by atoms with Gasteiger partial charge in [-0.2, -0.15) is 0 Å². The van der Waals surface area contributed by atoms with Gasteiger partial charge >= 0.3 is 199 Å². The summed E-state index contributed by atoms with van der Waals surface area (Å²) in [5.41, 5.74) is 1.68. The zero-order valence-electron chi connectivity index (χ0n) is 22.2. The van der Waals surface area contributed by atoms with Gasteiger partial charge in [0, 0.05) is 0 Å². The molecule has 1 heteroatoms. The van der Waals surface area contributed by atoms with E-state index in [4.69, 9.17) is 0 Å². The Balaban J connectivity index is 1.62. The minimum absolute atomic E-state index is 0.560. The zero-order valence-corrected chi connectivity index (χ0v) is 23.5. The molecule has 0 heterocycles. The van der Waals surface area contributed by atoms with Crippen molar-refractivity contribution in [2.45, 2.75) is 133 Å². The van der Waals surface area contributed by atoms with Crippen LogP contribution in [-0.4, -0.2) is 0 Å². The third-order valence-electron chi connectivity index (χ3n) is 14.8. The van der Waals surface area contributed by atoms with Crippen LogP contribution in [0.4, 0.5) is 0 Å². The molecule has 6 fully saturated rings. The van der Waals surface area contributed by atoms with Gasteiger partial charge < -0.3 is 0 Å². The molecule has 0 aromatic rings. The van der Waals surface area contributed by atoms with Gasteiger partial charge in [-0.3, -0.25) is 0 Å². The van der Waals surface area contributed by atoms with Crippen molar-refractivity contribution in [3.63, 3.8) is 0 Å². The maximum absolute atomic E-state index is 2.77. The molecule has 177 valence electrons. The predicted octanol–water partition coefficient (Wildman–Crippen LogP) is 9.51. The minimum atomic E-state index is -0.953. The molecule has 6 bridgehead atoms. The van der Waals surface area contributed by atoms with Crippen LogP contribution < -0.4 is 0 Å². The SMILES string of the molecule is CC1C2CC[C]([Cr]([C]34CCC(C3)C(C)C4(C)C)[C]34CCC(C3)C(C)C4(C)C)(C2)C1(C)C. The van der Waals surface area contributed by atoms with E-state index >= 15 is 0 Å². The van der Waals surface area contributed by atoms with Crippen LogP contribution in [0, 0.1) is 51.8 Å². The Morgan fingerprint density at radius 1 is 0.484 bits per heavy atom. The Labute approximate surface area is 198 Å². The number of hydrogen-bond donors (Lipinski definition) is 0. The maximum atomic E-state index is 2.77. The van der Waals surface area contributed by atoms with E-state index < -0.39 is 14.1 Å². The fourth-order valence-corrected chi connectivity index (χ4v) is 21.8. The van der Waals surface area contributed by atoms with Crippen LogP contribution >= 0.6 is 0 Å². The molecule has 0 radical (unpaired) electrons. The van der Waals surface area contributed by atoms with Crippen LogP contribution in [-0.2, 0) is 14.1 Å². The summed E-state index contributed by atoms with van der Waals surface area (Å²) in [7, 11) is 0. The van der Waals surface area contributed by atoms with Crippen molar-refractivity contribution < 1.29 is 14.1 Å². The summed E-state index contributed by atoms with van der Waals surface area (Å²) >= 11 is -0.953. The van der Waals surface area contributed by atoms with Gasteiger partial charge in [-0.25, -0.2) is 0 Å². The van der Waals surface area contributed by atoms with E-state index in [2.05, 4.69) is 62.3 Å². The Bertz CT molecular complexity index is 688. The molecular weight excluding hydrogens is 412 g/mol. The normalized spacial score (nSPS) is 57.5. The predicted molar refractivity (Wildman–Crippen MR) is 129 cm³/mol. The molecular formula is C30H51Cr. The fraction of sp³-hybridized carbons (Fsp3) is 1.00. The van der Waals surface area contributed by atoms with Crippen molar-refractivity contribution in [2.24, 2.45) is 51.8 Å². The molecule has 6 aliphatic carbocycles. The van der Waals surface area contributed by atoms with Crippen LogP contribution in [0.2, 0.25) is 12.8 Å². The van der Waals surface area contributed by atoms with Crippen molar-refractivity contribution in [3.05, 3.63) is 0 Å². The molecule has 6 rings (SSSR count). The van der Waals surface area contributed by atoms with Crippen LogP contribution in [0.25, 0.3) is 0 Å². The molecule has 0 aromatic heterocycles. The van der Waals surface area contributed by atoms with Crippen molar-refractivity contribution >= 4 is 0 Å². The Morgan fingerprint density at radius 2 is 0.742 bits per heavy atom. The Morgan fingerprint density at radius 3 is 0.935 bits per heavy atom. The molecule has 9 unspecified atom stereocenters. The summed E-state index contributed by atoms with van der Waals surface area (Å²) in [4.78, 5) is 0. The van der Waals surface area contributed by atoms with Crippen LogP contribution in [0.3, 0.4) is 0 Å². The van der Waals surface area contributed by atoms with Crippen molar-refractivity contribution in [1.82, 2.24) is 0 Å². The van der Waals surface area contributed by atoms with Gasteiger partial charge in [-0.05, 0) is 0 Å². The average molecular weight is 464 g/mol. The van der Waals surface area contributed by atoms with Gasteiger partial charge in [0.1, 0.15) is 0 Å². The standard InChI is InChI=1S/3C10H17.Cr/c3*1-7-8-4-5-9(6-8)10(7,2)3;/h3*7-8H,4-6H2,1-3H3;. The molecule has 0 amide bonds. The van der Waals surface area contributed by atoms with E-state index in [0.717, 1.165) is 35.5 Å². The summed E-state index contributed by atoms with van der Waals surface area (Å²) in [5.74, 6) is 5.93. The van der Waals surface area contributed by atoms with E-state index in [0.29, 0.717) is 29.1 Å². The Hall–Kier alpha value is 0.532. The second kappa shape index (κ2) is 6.02. The van der Waals surface area contributed by atoms with E-state index in [1.165, 1.54) is 0 Å². The molecule has 6 saturated carbocycles. The molecule has 0 saturated heterocycles. The first-order valence-corrected chi connectivity index (χ1v) is 15.9. The molecule has 6 aliphatic rings. The number of fused-ring (bicyclic) bond motifs is 6. The quantitative estimate of drug-likeness (QED) is 0.391. The second-order valence-corrected chi connectivity index (χ2v) is 19.9. The molecule has 0 nitrogen and oxygen atoms in total. The molecule has 9 atom stereocenters. The summed E-state index contributed by atoms with van der Waals surface area (Å²) in [5, 5.41) is 0. The van der Waals surface area contributed by atoms with Gasteiger partial charge in [-0.1, -0.05) is 0 Å². The van der Waals surface area contributed by atoms with E-state index in [1.807, 2.05) is 0 Å². The number of hydrogen-bond acceptors (Lipinski definition) is 0. The second-order valence-electron chi connectivity index (χ2n) is 15.3. The monoisotopic (exact) mass is 463 g/mol. The van der Waals surface area contributed by atoms with Crippen LogP contribution in [0.5, 0.6) is 0 Å². The number of rotatable bonds is 3. The average Bonchev–Trinajstić information content (AvgIpc) is 3.49. The van der Waals surface area contributed by atoms with E-state index in [1.54, 1.807) is 57.8 Å². The molecule has 0 aromatic carbocycles. The molecule has 0 N–H and O–H groups in total. The van der Waals surface area contributed by atoms with Crippen molar-refractivity contribution in [1.29, 1.82) is 0 Å². The topological polar surface area (TPSA) is 0 Å². The first-order valence-electron chi connectivity index (χ1n) is 14.0. The first kappa shape index (κ1) is 22.0. The van der Waals surface area contributed by atoms with E-state index in [-0.39, 0.29) is 0 Å². The summed E-state index contributed by atoms with van der Waals surface area (Å²) < 4.78 is 2.14. The van der Waals surface area contributed by atoms with Crippen LogP contribution in [0.1, 0.15) is 120 Å². The fourth-order valence-electron chi connectivity index (χ4n) is 11.7. The van der Waals surface area contributed by atoms with Crippen molar-refractivity contribution in [2.75, 3.05) is 0 Å². The molecule has 0 aliphatic heterocycles. The Kier molecular flexibility index (Phi) is 4.27. The first-order chi connectivity index (χ1) is 14.3. The van der Waals surface area contributed by atoms with E-state index in [9.17, 15) is 0 Å².